The van der Waals surface area contributed by atoms with E-state index in [-0.39, 0.29) is 0 Å². The summed E-state index contributed by atoms with van der Waals surface area (Å²) in [5, 5.41) is 0.601. The van der Waals surface area contributed by atoms with Crippen molar-refractivity contribution in [1.29, 1.82) is 0 Å². The van der Waals surface area contributed by atoms with Crippen LogP contribution in [0.15, 0.2) is 18.0 Å². The van der Waals surface area contributed by atoms with Crippen molar-refractivity contribution in [3.05, 3.63) is 28.7 Å². The summed E-state index contributed by atoms with van der Waals surface area (Å²) in [5.41, 5.74) is 0.419. The van der Waals surface area contributed by atoms with Crippen LogP contribution < -0.4 is 0 Å². The zero-order chi connectivity index (χ0) is 9.19. The van der Waals surface area contributed by atoms with Gasteiger partial charge in [-0.25, -0.2) is 4.98 Å². The van der Waals surface area contributed by atoms with Crippen LogP contribution in [0.2, 0.25) is 0 Å². The maximum absolute atomic E-state index is 12.0. The predicted molar refractivity (Wildman–Crippen MR) is 41.0 cm³/mol. The summed E-state index contributed by atoms with van der Waals surface area (Å²) in [7, 11) is 0. The quantitative estimate of drug-likeness (QED) is 0.658. The zero-order valence-electron chi connectivity index (χ0n) is 6.06. The third kappa shape index (κ3) is 2.07. The molecule has 12 heavy (non-hydrogen) atoms. The summed E-state index contributed by atoms with van der Waals surface area (Å²) in [4.78, 5) is 3.39. The number of halogens is 3. The molecule has 0 aliphatic carbocycles. The van der Waals surface area contributed by atoms with E-state index in [2.05, 4.69) is 11.6 Å². The van der Waals surface area contributed by atoms with E-state index in [1.54, 1.807) is 0 Å². The number of aromatic nitrogens is 1. The molecule has 0 bridgehead atoms. The predicted octanol–water partition coefficient (Wildman–Crippen LogP) is 2.89. The van der Waals surface area contributed by atoms with Gasteiger partial charge in [-0.15, -0.1) is 17.9 Å². The van der Waals surface area contributed by atoms with Crippen LogP contribution in [0.25, 0.3) is 0 Å². The van der Waals surface area contributed by atoms with Crippen LogP contribution in [0.5, 0.6) is 0 Å². The zero-order valence-corrected chi connectivity index (χ0v) is 6.87. The highest BCUT2D eigenvalue weighted by Gasteiger charge is 2.34. The fourth-order valence-corrected chi connectivity index (χ4v) is 1.38. The fraction of sp³-hybridized carbons (Fsp3) is 0.286. The molecule has 0 saturated heterocycles. The first kappa shape index (κ1) is 9.25. The van der Waals surface area contributed by atoms with Gasteiger partial charge in [0, 0.05) is 11.8 Å². The number of hydrogen-bond donors (Lipinski definition) is 0. The Morgan fingerprint density at radius 1 is 1.58 bits per heavy atom. The van der Waals surface area contributed by atoms with Crippen LogP contribution >= 0.6 is 11.3 Å². The minimum absolute atomic E-state index is 0.382. The van der Waals surface area contributed by atoms with Crippen LogP contribution in [0.4, 0.5) is 13.2 Å². The van der Waals surface area contributed by atoms with E-state index in [0.717, 1.165) is 0 Å². The monoisotopic (exact) mass is 193 g/mol. The third-order valence-electron chi connectivity index (χ3n) is 1.15. The summed E-state index contributed by atoms with van der Waals surface area (Å²) in [6.07, 6.45) is -2.41. The van der Waals surface area contributed by atoms with Crippen molar-refractivity contribution in [3.8, 4) is 0 Å². The molecule has 0 aliphatic heterocycles. The summed E-state index contributed by atoms with van der Waals surface area (Å²) >= 11 is 0.613. The molecule has 0 spiro atoms. The lowest BCUT2D eigenvalue weighted by atomic mass is 10.3. The fourth-order valence-electron chi connectivity index (χ4n) is 0.679. The summed E-state index contributed by atoms with van der Waals surface area (Å²) < 4.78 is 35.9. The smallest absolute Gasteiger partial charge is 0.237 e. The number of allylic oxidation sites excluding steroid dienone is 1. The molecule has 5 heteroatoms. The molecular weight excluding hydrogens is 187 g/mol. The topological polar surface area (TPSA) is 12.9 Å². The van der Waals surface area contributed by atoms with Crippen LogP contribution in [-0.2, 0) is 12.6 Å². The lowest BCUT2D eigenvalue weighted by Crippen LogP contribution is -2.03. The molecule has 0 atom stereocenters. The van der Waals surface area contributed by atoms with Gasteiger partial charge in [-0.05, 0) is 0 Å². The highest BCUT2D eigenvalue weighted by molar-refractivity contribution is 7.09. The van der Waals surface area contributed by atoms with E-state index in [1.165, 1.54) is 11.5 Å². The lowest BCUT2D eigenvalue weighted by Gasteiger charge is -1.98. The number of nitrogens with zero attached hydrogens (tertiary/aromatic N) is 1. The van der Waals surface area contributed by atoms with Gasteiger partial charge in [0.15, 0.2) is 5.01 Å². The van der Waals surface area contributed by atoms with Gasteiger partial charge in [0.25, 0.3) is 0 Å². The van der Waals surface area contributed by atoms with Gasteiger partial charge in [0.1, 0.15) is 0 Å². The number of thiazole rings is 1. The Labute approximate surface area is 71.6 Å². The van der Waals surface area contributed by atoms with E-state index in [0.29, 0.717) is 23.5 Å². The number of alkyl halides is 3. The molecule has 0 aliphatic rings. The molecule has 0 fully saturated rings. The SMILES string of the molecule is C=CCc1csc(C(F)(F)F)n1. The molecule has 0 radical (unpaired) electrons. The standard InChI is InChI=1S/C7H6F3NS/c1-2-3-5-4-12-6(11-5)7(8,9)10/h2,4H,1,3H2. The van der Waals surface area contributed by atoms with Gasteiger partial charge in [-0.1, -0.05) is 6.08 Å². The normalized spacial score (nSPS) is 11.6. The van der Waals surface area contributed by atoms with Crippen molar-refractivity contribution < 1.29 is 13.2 Å². The summed E-state index contributed by atoms with van der Waals surface area (Å²) in [6.45, 7) is 3.41. The number of hydrogen-bond acceptors (Lipinski definition) is 2. The average molecular weight is 193 g/mol. The summed E-state index contributed by atoms with van der Waals surface area (Å²) in [5.74, 6) is 0. The highest BCUT2D eigenvalue weighted by Crippen LogP contribution is 2.31. The van der Waals surface area contributed by atoms with Gasteiger partial charge in [-0.3, -0.25) is 0 Å². The molecule has 0 amide bonds. The first-order chi connectivity index (χ1) is 5.54. The van der Waals surface area contributed by atoms with E-state index >= 15 is 0 Å². The molecule has 0 saturated carbocycles. The van der Waals surface area contributed by atoms with Crippen molar-refractivity contribution in [2.24, 2.45) is 0 Å². The van der Waals surface area contributed by atoms with Gasteiger partial charge in [0.2, 0.25) is 0 Å². The Bertz CT molecular complexity index is 276. The summed E-state index contributed by atoms with van der Waals surface area (Å²) in [6, 6.07) is 0. The van der Waals surface area contributed by atoms with Crippen molar-refractivity contribution in [2.75, 3.05) is 0 Å². The largest absolute Gasteiger partial charge is 0.443 e. The maximum Gasteiger partial charge on any atom is 0.443 e. The minimum Gasteiger partial charge on any atom is -0.237 e. The Balaban J connectivity index is 2.84. The van der Waals surface area contributed by atoms with Gasteiger partial charge in [-0.2, -0.15) is 13.2 Å². The second-order valence-electron chi connectivity index (χ2n) is 2.13. The van der Waals surface area contributed by atoms with Gasteiger partial charge < -0.3 is 0 Å². The van der Waals surface area contributed by atoms with Gasteiger partial charge in [0.05, 0.1) is 5.69 Å². The van der Waals surface area contributed by atoms with Crippen LogP contribution in [-0.4, -0.2) is 4.98 Å². The molecular formula is C7H6F3NS. The second-order valence-corrected chi connectivity index (χ2v) is 2.99. The molecule has 1 aromatic heterocycles. The molecule has 66 valence electrons. The lowest BCUT2D eigenvalue weighted by molar-refractivity contribution is -0.137. The van der Waals surface area contributed by atoms with Crippen LogP contribution in [0.3, 0.4) is 0 Å². The van der Waals surface area contributed by atoms with E-state index < -0.39 is 11.2 Å². The first-order valence-electron chi connectivity index (χ1n) is 3.16. The van der Waals surface area contributed by atoms with E-state index in [1.807, 2.05) is 0 Å². The van der Waals surface area contributed by atoms with Crippen molar-refractivity contribution in [3.63, 3.8) is 0 Å². The average Bonchev–Trinajstić information content (AvgIpc) is 2.35. The molecule has 1 rings (SSSR count). The van der Waals surface area contributed by atoms with Gasteiger partial charge >= 0.3 is 6.18 Å². The maximum atomic E-state index is 12.0. The molecule has 0 unspecified atom stereocenters. The Morgan fingerprint density at radius 3 is 2.67 bits per heavy atom. The van der Waals surface area contributed by atoms with Crippen molar-refractivity contribution in [1.82, 2.24) is 4.98 Å². The Hall–Kier alpha value is -0.840. The molecule has 0 N–H and O–H groups in total. The number of rotatable bonds is 2. The molecule has 1 nitrogen and oxygen atoms in total. The second kappa shape index (κ2) is 3.26. The van der Waals surface area contributed by atoms with Crippen molar-refractivity contribution in [2.45, 2.75) is 12.6 Å². The first-order valence-corrected chi connectivity index (χ1v) is 4.04. The van der Waals surface area contributed by atoms with Crippen LogP contribution in [0, 0.1) is 0 Å². The molecule has 1 heterocycles. The molecule has 0 aromatic carbocycles. The van der Waals surface area contributed by atoms with Crippen molar-refractivity contribution >= 4 is 11.3 Å². The Kier molecular flexibility index (Phi) is 2.52. The Morgan fingerprint density at radius 2 is 2.25 bits per heavy atom. The third-order valence-corrected chi connectivity index (χ3v) is 2.08. The van der Waals surface area contributed by atoms with E-state index in [9.17, 15) is 13.2 Å². The van der Waals surface area contributed by atoms with Crippen LogP contribution in [0.1, 0.15) is 10.7 Å². The highest BCUT2D eigenvalue weighted by atomic mass is 32.1. The molecule has 1 aromatic rings. The minimum atomic E-state index is -4.32. The van der Waals surface area contributed by atoms with E-state index in [4.69, 9.17) is 0 Å².